The molecule has 0 radical (unpaired) electrons. The number of nitro benzene ring substituents is 1. The molecule has 0 saturated heterocycles. The van der Waals surface area contributed by atoms with E-state index < -0.39 is 19.7 Å². The number of hydrogen-bond acceptors (Lipinski definition) is 5. The van der Waals surface area contributed by atoms with E-state index in [1.807, 2.05) is 20.8 Å². The number of benzene rings is 1. The molecule has 0 N–H and O–H groups in total. The van der Waals surface area contributed by atoms with E-state index >= 15 is 0 Å². The van der Waals surface area contributed by atoms with Crippen LogP contribution in [0.25, 0.3) is 0 Å². The van der Waals surface area contributed by atoms with Crippen molar-refractivity contribution in [3.8, 4) is 5.75 Å². The van der Waals surface area contributed by atoms with Crippen LogP contribution in [-0.2, 0) is 9.05 Å². The maximum atomic E-state index is 11.4. The minimum atomic E-state index is -4.04. The number of hydrogen-bond donors (Lipinski definition) is 0. The number of aryl methyl sites for hydroxylation is 1. The summed E-state index contributed by atoms with van der Waals surface area (Å²) in [4.78, 5) is 10.1. The van der Waals surface area contributed by atoms with Crippen LogP contribution in [0.2, 0.25) is 0 Å². The number of halogens is 1. The van der Waals surface area contributed by atoms with Gasteiger partial charge in [0, 0.05) is 16.7 Å². The van der Waals surface area contributed by atoms with Gasteiger partial charge in [0.2, 0.25) is 0 Å². The van der Waals surface area contributed by atoms with Crippen LogP contribution in [0.1, 0.15) is 32.8 Å². The lowest BCUT2D eigenvalue weighted by atomic mass is 9.93. The Morgan fingerprint density at radius 3 is 2.33 bits per heavy atom. The molecule has 0 aliphatic carbocycles. The van der Waals surface area contributed by atoms with Gasteiger partial charge in [0.1, 0.15) is 0 Å². The maximum absolute atomic E-state index is 11.4. The highest BCUT2D eigenvalue weighted by atomic mass is 35.7. The zero-order chi connectivity index (χ0) is 16.4. The molecule has 0 aromatic heterocycles. The normalized spacial score (nSPS) is 12.2. The van der Waals surface area contributed by atoms with Crippen LogP contribution < -0.4 is 4.74 Å². The Balaban J connectivity index is 3.16. The molecule has 0 heterocycles. The van der Waals surface area contributed by atoms with Crippen molar-refractivity contribution in [2.24, 2.45) is 5.41 Å². The predicted molar refractivity (Wildman–Crippen MR) is 80.4 cm³/mol. The first kappa shape index (κ1) is 17.7. The lowest BCUT2D eigenvalue weighted by Gasteiger charge is -2.18. The summed E-state index contributed by atoms with van der Waals surface area (Å²) < 4.78 is 28.2. The lowest BCUT2D eigenvalue weighted by molar-refractivity contribution is -0.386. The predicted octanol–water partition coefficient (Wildman–Crippen LogP) is 3.65. The van der Waals surface area contributed by atoms with Gasteiger partial charge in [-0.1, -0.05) is 20.8 Å². The molecule has 1 aromatic carbocycles. The van der Waals surface area contributed by atoms with E-state index in [0.717, 1.165) is 6.07 Å². The van der Waals surface area contributed by atoms with Gasteiger partial charge >= 0.3 is 5.69 Å². The van der Waals surface area contributed by atoms with Crippen LogP contribution >= 0.6 is 10.7 Å². The zero-order valence-electron chi connectivity index (χ0n) is 12.3. The topological polar surface area (TPSA) is 86.5 Å². The van der Waals surface area contributed by atoms with Crippen LogP contribution in [-0.4, -0.2) is 19.9 Å². The summed E-state index contributed by atoms with van der Waals surface area (Å²) in [5.41, 5.74) is -0.0708. The Kier molecular flexibility index (Phi) is 5.22. The van der Waals surface area contributed by atoms with Crippen molar-refractivity contribution in [1.29, 1.82) is 0 Å². The van der Waals surface area contributed by atoms with Crippen molar-refractivity contribution in [3.63, 3.8) is 0 Å². The molecule has 0 saturated carbocycles. The van der Waals surface area contributed by atoms with E-state index in [1.54, 1.807) is 0 Å². The second-order valence-electron chi connectivity index (χ2n) is 5.94. The van der Waals surface area contributed by atoms with Gasteiger partial charge in [0.25, 0.3) is 9.05 Å². The molecule has 0 aliphatic rings. The number of ether oxygens (including phenoxy) is 1. The minimum absolute atomic E-state index is 0.0310. The molecular formula is C13H18ClNO5S. The Hall–Kier alpha value is -1.34. The number of nitrogens with zero attached hydrogens (tertiary/aromatic N) is 1. The Morgan fingerprint density at radius 1 is 1.33 bits per heavy atom. The fraction of sp³-hybridized carbons (Fsp3) is 0.538. The number of rotatable bonds is 5. The molecule has 0 atom stereocenters. The average molecular weight is 336 g/mol. The maximum Gasteiger partial charge on any atom is 0.312 e. The first-order valence-corrected chi connectivity index (χ1v) is 8.59. The third-order valence-corrected chi connectivity index (χ3v) is 4.29. The van der Waals surface area contributed by atoms with E-state index in [9.17, 15) is 18.5 Å². The van der Waals surface area contributed by atoms with Crippen molar-refractivity contribution in [1.82, 2.24) is 0 Å². The molecule has 0 unspecified atom stereocenters. The molecule has 0 fully saturated rings. The fourth-order valence-electron chi connectivity index (χ4n) is 1.64. The summed E-state index contributed by atoms with van der Waals surface area (Å²) in [6, 6.07) is 2.26. The van der Waals surface area contributed by atoms with Gasteiger partial charge in [0.15, 0.2) is 5.75 Å². The SMILES string of the molecule is Cc1cc(OCCC(C)(C)C)c([N+](=O)[O-])cc1S(=O)(=O)Cl. The first-order valence-electron chi connectivity index (χ1n) is 6.28. The third-order valence-electron chi connectivity index (χ3n) is 2.83. The highest BCUT2D eigenvalue weighted by molar-refractivity contribution is 8.13. The molecule has 1 rings (SSSR count). The molecular weight excluding hydrogens is 318 g/mol. The standard InChI is InChI=1S/C13H18ClNO5S/c1-9-7-11(20-6-5-13(2,3)4)10(15(16)17)8-12(9)21(14,18)19/h7-8H,5-6H2,1-4H3. The van der Waals surface area contributed by atoms with Gasteiger partial charge in [-0.15, -0.1) is 0 Å². The van der Waals surface area contributed by atoms with Crippen molar-refractivity contribution < 1.29 is 18.1 Å². The van der Waals surface area contributed by atoms with Crippen molar-refractivity contribution in [3.05, 3.63) is 27.8 Å². The molecule has 21 heavy (non-hydrogen) atoms. The molecule has 8 heteroatoms. The van der Waals surface area contributed by atoms with Gasteiger partial charge in [-0.05, 0) is 30.4 Å². The van der Waals surface area contributed by atoms with Crippen LogP contribution in [0.3, 0.4) is 0 Å². The Bertz CT molecular complexity index is 649. The molecule has 0 spiro atoms. The monoisotopic (exact) mass is 335 g/mol. The van der Waals surface area contributed by atoms with E-state index in [0.29, 0.717) is 18.6 Å². The second-order valence-corrected chi connectivity index (χ2v) is 8.47. The summed E-state index contributed by atoms with van der Waals surface area (Å²) in [5.74, 6) is 0.0471. The molecule has 0 bridgehead atoms. The Morgan fingerprint density at radius 2 is 1.90 bits per heavy atom. The smallest absolute Gasteiger partial charge is 0.312 e. The fourth-order valence-corrected chi connectivity index (χ4v) is 2.83. The molecule has 0 amide bonds. The van der Waals surface area contributed by atoms with Crippen LogP contribution in [0.15, 0.2) is 17.0 Å². The van der Waals surface area contributed by atoms with E-state index in [2.05, 4.69) is 0 Å². The minimum Gasteiger partial charge on any atom is -0.487 e. The van der Waals surface area contributed by atoms with E-state index in [4.69, 9.17) is 15.4 Å². The molecule has 118 valence electrons. The van der Waals surface area contributed by atoms with Crippen molar-refractivity contribution >= 4 is 25.4 Å². The first-order chi connectivity index (χ1) is 9.42. The van der Waals surface area contributed by atoms with Crippen LogP contribution in [0.4, 0.5) is 5.69 Å². The lowest BCUT2D eigenvalue weighted by Crippen LogP contribution is -2.12. The third kappa shape index (κ3) is 5.17. The van der Waals surface area contributed by atoms with Gasteiger partial charge in [0.05, 0.1) is 16.4 Å². The number of nitro groups is 1. The van der Waals surface area contributed by atoms with E-state index in [1.165, 1.54) is 13.0 Å². The summed E-state index contributed by atoms with van der Waals surface area (Å²) in [7, 11) is 1.23. The van der Waals surface area contributed by atoms with Gasteiger partial charge < -0.3 is 4.74 Å². The van der Waals surface area contributed by atoms with Crippen LogP contribution in [0.5, 0.6) is 5.75 Å². The summed E-state index contributed by atoms with van der Waals surface area (Å²) in [5, 5.41) is 11.1. The highest BCUT2D eigenvalue weighted by Gasteiger charge is 2.24. The van der Waals surface area contributed by atoms with Crippen molar-refractivity contribution in [2.45, 2.75) is 39.0 Å². The van der Waals surface area contributed by atoms with Gasteiger partial charge in [-0.3, -0.25) is 10.1 Å². The molecule has 0 aliphatic heterocycles. The zero-order valence-corrected chi connectivity index (χ0v) is 13.9. The average Bonchev–Trinajstić information content (AvgIpc) is 2.24. The summed E-state index contributed by atoms with van der Waals surface area (Å²) in [6.07, 6.45) is 0.707. The summed E-state index contributed by atoms with van der Waals surface area (Å²) >= 11 is 0. The van der Waals surface area contributed by atoms with Gasteiger partial charge in [-0.25, -0.2) is 8.42 Å². The molecule has 6 nitrogen and oxygen atoms in total. The van der Waals surface area contributed by atoms with Crippen LogP contribution in [0, 0.1) is 22.5 Å². The van der Waals surface area contributed by atoms with Gasteiger partial charge in [-0.2, -0.15) is 0 Å². The van der Waals surface area contributed by atoms with E-state index in [-0.39, 0.29) is 16.1 Å². The second kappa shape index (κ2) is 6.19. The van der Waals surface area contributed by atoms with Crippen molar-refractivity contribution in [2.75, 3.05) is 6.61 Å². The largest absolute Gasteiger partial charge is 0.487 e. The Labute approximate surface area is 128 Å². The highest BCUT2D eigenvalue weighted by Crippen LogP contribution is 2.34. The molecule has 1 aromatic rings. The quantitative estimate of drug-likeness (QED) is 0.465. The summed E-state index contributed by atoms with van der Waals surface area (Å²) in [6.45, 7) is 7.89.